The Labute approximate surface area is 122 Å². The molecule has 0 aliphatic carbocycles. The van der Waals surface area contributed by atoms with Gasteiger partial charge in [0.15, 0.2) is 0 Å². The molecular formula is C16H26N2O2. The van der Waals surface area contributed by atoms with Crippen molar-refractivity contribution in [1.82, 2.24) is 9.97 Å². The van der Waals surface area contributed by atoms with Gasteiger partial charge in [-0.25, -0.2) is 9.97 Å². The van der Waals surface area contributed by atoms with Crippen LogP contribution in [-0.4, -0.2) is 22.5 Å². The van der Waals surface area contributed by atoms with E-state index < -0.39 is 0 Å². The average molecular weight is 278 g/mol. The van der Waals surface area contributed by atoms with Gasteiger partial charge in [0.1, 0.15) is 5.82 Å². The standard InChI is InChI=1S/C16H26N2O2/c1-3-20-16(19)11-9-7-5-4-6-8-10-15-12-17-14(2)18-13-15/h12-13H,3-11H2,1-2H3. The van der Waals surface area contributed by atoms with Gasteiger partial charge >= 0.3 is 5.97 Å². The minimum atomic E-state index is -0.0631. The molecule has 0 amide bonds. The summed E-state index contributed by atoms with van der Waals surface area (Å²) in [4.78, 5) is 19.5. The summed E-state index contributed by atoms with van der Waals surface area (Å²) in [5, 5.41) is 0. The van der Waals surface area contributed by atoms with E-state index >= 15 is 0 Å². The monoisotopic (exact) mass is 278 g/mol. The molecule has 0 fully saturated rings. The number of esters is 1. The summed E-state index contributed by atoms with van der Waals surface area (Å²) in [7, 11) is 0. The van der Waals surface area contributed by atoms with Crippen LogP contribution in [0.2, 0.25) is 0 Å². The van der Waals surface area contributed by atoms with Gasteiger partial charge < -0.3 is 4.74 Å². The molecular weight excluding hydrogens is 252 g/mol. The Hall–Kier alpha value is -1.45. The molecule has 1 rings (SSSR count). The normalized spacial score (nSPS) is 10.5. The largest absolute Gasteiger partial charge is 0.466 e. The second-order valence-corrected chi connectivity index (χ2v) is 5.06. The van der Waals surface area contributed by atoms with Gasteiger partial charge in [-0.15, -0.1) is 0 Å². The van der Waals surface area contributed by atoms with Crippen molar-refractivity contribution >= 4 is 5.97 Å². The number of unbranched alkanes of at least 4 members (excludes halogenated alkanes) is 5. The number of hydrogen-bond donors (Lipinski definition) is 0. The summed E-state index contributed by atoms with van der Waals surface area (Å²) in [5.74, 6) is 0.766. The zero-order valence-electron chi connectivity index (χ0n) is 12.7. The number of nitrogens with zero attached hydrogens (tertiary/aromatic N) is 2. The Morgan fingerprint density at radius 1 is 1.05 bits per heavy atom. The van der Waals surface area contributed by atoms with Crippen LogP contribution in [0.3, 0.4) is 0 Å². The molecule has 0 saturated heterocycles. The fraction of sp³-hybridized carbons (Fsp3) is 0.688. The van der Waals surface area contributed by atoms with Crippen molar-refractivity contribution in [1.29, 1.82) is 0 Å². The average Bonchev–Trinajstić information content (AvgIpc) is 2.44. The van der Waals surface area contributed by atoms with Crippen LogP contribution in [-0.2, 0) is 16.0 Å². The van der Waals surface area contributed by atoms with Gasteiger partial charge in [0.05, 0.1) is 6.61 Å². The first-order valence-electron chi connectivity index (χ1n) is 7.65. The third-order valence-electron chi connectivity index (χ3n) is 3.24. The number of rotatable bonds is 10. The van der Waals surface area contributed by atoms with E-state index in [1.54, 1.807) is 0 Å². The van der Waals surface area contributed by atoms with Crippen LogP contribution in [0.15, 0.2) is 12.4 Å². The second-order valence-electron chi connectivity index (χ2n) is 5.06. The topological polar surface area (TPSA) is 52.1 Å². The molecule has 1 heterocycles. The summed E-state index contributed by atoms with van der Waals surface area (Å²) in [6, 6.07) is 0. The number of ether oxygens (including phenoxy) is 1. The summed E-state index contributed by atoms with van der Waals surface area (Å²) < 4.78 is 4.89. The molecule has 112 valence electrons. The van der Waals surface area contributed by atoms with Crippen LogP contribution in [0.4, 0.5) is 0 Å². The lowest BCUT2D eigenvalue weighted by Gasteiger charge is -2.03. The molecule has 0 aliphatic heterocycles. The van der Waals surface area contributed by atoms with Gasteiger partial charge in [-0.3, -0.25) is 4.79 Å². The third kappa shape index (κ3) is 7.87. The molecule has 0 saturated carbocycles. The number of hydrogen-bond acceptors (Lipinski definition) is 4. The zero-order chi connectivity index (χ0) is 14.6. The zero-order valence-corrected chi connectivity index (χ0v) is 12.7. The van der Waals surface area contributed by atoms with Gasteiger partial charge in [0.2, 0.25) is 0 Å². The number of carbonyl (C=O) groups excluding carboxylic acids is 1. The number of carbonyl (C=O) groups is 1. The molecule has 0 N–H and O–H groups in total. The summed E-state index contributed by atoms with van der Waals surface area (Å²) in [5.41, 5.74) is 1.22. The van der Waals surface area contributed by atoms with E-state index in [1.807, 2.05) is 26.2 Å². The first-order valence-corrected chi connectivity index (χ1v) is 7.65. The van der Waals surface area contributed by atoms with Gasteiger partial charge in [0.25, 0.3) is 0 Å². The van der Waals surface area contributed by atoms with Crippen LogP contribution in [0.5, 0.6) is 0 Å². The van der Waals surface area contributed by atoms with E-state index in [-0.39, 0.29) is 5.97 Å². The molecule has 0 radical (unpaired) electrons. The molecule has 0 bridgehead atoms. The predicted molar refractivity (Wildman–Crippen MR) is 79.4 cm³/mol. The minimum Gasteiger partial charge on any atom is -0.466 e. The molecule has 1 aromatic heterocycles. The highest BCUT2D eigenvalue weighted by molar-refractivity contribution is 5.69. The lowest BCUT2D eigenvalue weighted by atomic mass is 10.1. The Morgan fingerprint density at radius 2 is 1.65 bits per heavy atom. The maximum absolute atomic E-state index is 11.1. The number of aromatic nitrogens is 2. The highest BCUT2D eigenvalue weighted by atomic mass is 16.5. The Morgan fingerprint density at radius 3 is 2.30 bits per heavy atom. The maximum atomic E-state index is 11.1. The first kappa shape index (κ1) is 16.6. The quantitative estimate of drug-likeness (QED) is 0.484. The van der Waals surface area contributed by atoms with Gasteiger partial charge in [0, 0.05) is 18.8 Å². The lowest BCUT2D eigenvalue weighted by molar-refractivity contribution is -0.143. The molecule has 4 nitrogen and oxygen atoms in total. The van der Waals surface area contributed by atoms with E-state index in [0.717, 1.165) is 25.1 Å². The molecule has 0 spiro atoms. The predicted octanol–water partition coefficient (Wildman–Crippen LogP) is 3.62. The SMILES string of the molecule is CCOC(=O)CCCCCCCCc1cnc(C)nc1. The summed E-state index contributed by atoms with van der Waals surface area (Å²) in [6.07, 6.45) is 12.4. The van der Waals surface area contributed by atoms with Crippen LogP contribution >= 0.6 is 0 Å². The van der Waals surface area contributed by atoms with Gasteiger partial charge in [-0.1, -0.05) is 25.7 Å². The van der Waals surface area contributed by atoms with Crippen molar-refractivity contribution in [2.75, 3.05) is 6.61 Å². The molecule has 0 aromatic carbocycles. The van der Waals surface area contributed by atoms with E-state index in [2.05, 4.69) is 9.97 Å². The van der Waals surface area contributed by atoms with Crippen molar-refractivity contribution in [2.45, 2.75) is 65.2 Å². The van der Waals surface area contributed by atoms with Crippen molar-refractivity contribution in [2.24, 2.45) is 0 Å². The fourth-order valence-electron chi connectivity index (χ4n) is 2.09. The first-order chi connectivity index (χ1) is 9.72. The van der Waals surface area contributed by atoms with E-state index in [1.165, 1.54) is 31.2 Å². The third-order valence-corrected chi connectivity index (χ3v) is 3.24. The summed E-state index contributed by atoms with van der Waals surface area (Å²) in [6.45, 7) is 4.23. The Bertz CT molecular complexity index is 377. The molecule has 4 heteroatoms. The van der Waals surface area contributed by atoms with E-state index in [4.69, 9.17) is 4.74 Å². The molecule has 0 unspecified atom stereocenters. The van der Waals surface area contributed by atoms with Crippen molar-refractivity contribution < 1.29 is 9.53 Å². The van der Waals surface area contributed by atoms with Gasteiger partial charge in [-0.2, -0.15) is 0 Å². The molecule has 20 heavy (non-hydrogen) atoms. The van der Waals surface area contributed by atoms with Crippen LogP contribution < -0.4 is 0 Å². The maximum Gasteiger partial charge on any atom is 0.305 e. The smallest absolute Gasteiger partial charge is 0.305 e. The molecule has 0 aliphatic rings. The van der Waals surface area contributed by atoms with Gasteiger partial charge in [-0.05, 0) is 38.7 Å². The highest BCUT2D eigenvalue weighted by Crippen LogP contribution is 2.10. The summed E-state index contributed by atoms with van der Waals surface area (Å²) >= 11 is 0. The number of aryl methyl sites for hydroxylation is 2. The lowest BCUT2D eigenvalue weighted by Crippen LogP contribution is -2.03. The molecule has 0 atom stereocenters. The molecule has 1 aromatic rings. The fourth-order valence-corrected chi connectivity index (χ4v) is 2.09. The minimum absolute atomic E-state index is 0.0631. The second kappa shape index (κ2) is 10.4. The Kier molecular flexibility index (Phi) is 8.59. The highest BCUT2D eigenvalue weighted by Gasteiger charge is 2.00. The van der Waals surface area contributed by atoms with Crippen LogP contribution in [0.1, 0.15) is 63.3 Å². The van der Waals surface area contributed by atoms with Crippen molar-refractivity contribution in [3.8, 4) is 0 Å². The van der Waals surface area contributed by atoms with E-state index in [9.17, 15) is 4.79 Å². The van der Waals surface area contributed by atoms with Crippen LogP contribution in [0, 0.1) is 6.92 Å². The Balaban J connectivity index is 1.92. The van der Waals surface area contributed by atoms with E-state index in [0.29, 0.717) is 13.0 Å². The van der Waals surface area contributed by atoms with Crippen molar-refractivity contribution in [3.63, 3.8) is 0 Å². The van der Waals surface area contributed by atoms with Crippen LogP contribution in [0.25, 0.3) is 0 Å². The van der Waals surface area contributed by atoms with Crippen molar-refractivity contribution in [3.05, 3.63) is 23.8 Å².